The number of hydrogen-bond acceptors (Lipinski definition) is 6. The smallest absolute Gasteiger partial charge is 0.211 e. The number of fused-ring (bicyclic) bond motifs is 1. The Morgan fingerprint density at radius 3 is 2.23 bits per heavy atom. The minimum atomic E-state index is -3.47. The second kappa shape index (κ2) is 11.0. The topological polar surface area (TPSA) is 84.0 Å². The summed E-state index contributed by atoms with van der Waals surface area (Å²) in [5.41, 5.74) is 3.61. The second-order valence-electron chi connectivity index (χ2n) is 9.78. The molecule has 7 nitrogen and oxygen atoms in total. The van der Waals surface area contributed by atoms with Crippen LogP contribution in [-0.4, -0.2) is 57.7 Å². The molecule has 35 heavy (non-hydrogen) atoms. The van der Waals surface area contributed by atoms with Gasteiger partial charge >= 0.3 is 0 Å². The first-order chi connectivity index (χ1) is 16.7. The molecule has 2 aliphatic heterocycles. The van der Waals surface area contributed by atoms with Crippen molar-refractivity contribution in [1.82, 2.24) is 9.21 Å². The van der Waals surface area contributed by atoms with Crippen molar-refractivity contribution in [2.45, 2.75) is 57.1 Å². The molecule has 0 bridgehead atoms. The number of piperidine rings is 1. The first-order valence-electron chi connectivity index (χ1n) is 12.4. The Morgan fingerprint density at radius 1 is 0.971 bits per heavy atom. The summed E-state index contributed by atoms with van der Waals surface area (Å²) in [6.45, 7) is 5.72. The summed E-state index contributed by atoms with van der Waals surface area (Å²) >= 11 is 0. The Labute approximate surface area is 210 Å². The number of nitrogens with zero attached hydrogens (tertiary/aromatic N) is 2. The molecule has 0 spiro atoms. The van der Waals surface area contributed by atoms with Crippen molar-refractivity contribution < 1.29 is 21.6 Å². The largest absolute Gasteiger partial charge is 0.492 e. The lowest BCUT2D eigenvalue weighted by atomic mass is 9.99. The molecule has 0 radical (unpaired) electrons. The lowest BCUT2D eigenvalue weighted by molar-refractivity contribution is 0.183. The second-order valence-corrected chi connectivity index (χ2v) is 13.8. The Hall–Kier alpha value is -1.94. The van der Waals surface area contributed by atoms with Crippen LogP contribution in [0.15, 0.2) is 47.4 Å². The Morgan fingerprint density at radius 2 is 1.63 bits per heavy atom. The van der Waals surface area contributed by atoms with Gasteiger partial charge < -0.3 is 4.74 Å². The number of sulfone groups is 1. The lowest BCUT2D eigenvalue weighted by Crippen LogP contribution is -2.39. The number of hydrogen-bond donors (Lipinski definition) is 0. The third-order valence-corrected chi connectivity index (χ3v) is 10.1. The molecule has 0 aliphatic carbocycles. The molecule has 0 unspecified atom stereocenters. The van der Waals surface area contributed by atoms with Crippen molar-refractivity contribution in [2.75, 3.05) is 31.7 Å². The fraction of sp³-hybridized carbons (Fsp3) is 0.538. The van der Waals surface area contributed by atoms with Crippen molar-refractivity contribution in [3.8, 4) is 5.75 Å². The van der Waals surface area contributed by atoms with Gasteiger partial charge in [0.1, 0.15) is 10.6 Å². The van der Waals surface area contributed by atoms with Crippen LogP contribution in [0.1, 0.15) is 49.3 Å². The van der Waals surface area contributed by atoms with Gasteiger partial charge in [0, 0.05) is 32.7 Å². The average Bonchev–Trinajstić information content (AvgIpc) is 3.24. The van der Waals surface area contributed by atoms with Gasteiger partial charge in [-0.3, -0.25) is 4.90 Å². The van der Waals surface area contributed by atoms with Crippen LogP contribution >= 0.6 is 0 Å². The summed E-state index contributed by atoms with van der Waals surface area (Å²) < 4.78 is 57.5. The van der Waals surface area contributed by atoms with E-state index in [4.69, 9.17) is 4.74 Å². The van der Waals surface area contributed by atoms with E-state index in [1.54, 1.807) is 12.1 Å². The van der Waals surface area contributed by atoms with Crippen LogP contribution in [0.4, 0.5) is 0 Å². The average molecular weight is 521 g/mol. The van der Waals surface area contributed by atoms with E-state index in [0.29, 0.717) is 51.3 Å². The molecule has 192 valence electrons. The first kappa shape index (κ1) is 26.1. The van der Waals surface area contributed by atoms with Gasteiger partial charge in [0.15, 0.2) is 9.84 Å². The van der Waals surface area contributed by atoms with Gasteiger partial charge in [0.25, 0.3) is 0 Å². The van der Waals surface area contributed by atoms with E-state index in [1.165, 1.54) is 21.7 Å². The van der Waals surface area contributed by atoms with Crippen molar-refractivity contribution >= 4 is 19.9 Å². The van der Waals surface area contributed by atoms with Crippen molar-refractivity contribution in [3.05, 3.63) is 59.2 Å². The minimum absolute atomic E-state index is 0.102. The van der Waals surface area contributed by atoms with E-state index < -0.39 is 19.9 Å². The van der Waals surface area contributed by atoms with E-state index in [2.05, 4.69) is 29.2 Å². The molecule has 2 aromatic carbocycles. The van der Waals surface area contributed by atoms with Gasteiger partial charge in [-0.25, -0.2) is 21.1 Å². The predicted octanol–water partition coefficient (Wildman–Crippen LogP) is 3.83. The van der Waals surface area contributed by atoms with Gasteiger partial charge in [0.05, 0.1) is 18.6 Å². The SMILES string of the molecule is CCCCS(=O)(=O)c1cc(CN2Cc3ccccc3C2)ccc1OCC1CCN(S(C)(=O)=O)CC1. The van der Waals surface area contributed by atoms with E-state index in [-0.39, 0.29) is 16.6 Å². The van der Waals surface area contributed by atoms with Crippen LogP contribution < -0.4 is 4.74 Å². The molecule has 0 aromatic heterocycles. The number of rotatable bonds is 10. The monoisotopic (exact) mass is 520 g/mol. The van der Waals surface area contributed by atoms with Gasteiger partial charge in [-0.05, 0) is 54.0 Å². The summed E-state index contributed by atoms with van der Waals surface area (Å²) in [5, 5.41) is 0. The molecular weight excluding hydrogens is 484 g/mol. The van der Waals surface area contributed by atoms with Gasteiger partial charge in [-0.15, -0.1) is 0 Å². The fourth-order valence-electron chi connectivity index (χ4n) is 4.85. The highest BCUT2D eigenvalue weighted by Crippen LogP contribution is 2.31. The number of ether oxygens (including phenoxy) is 1. The van der Waals surface area contributed by atoms with E-state index in [1.807, 2.05) is 13.0 Å². The molecule has 2 aromatic rings. The van der Waals surface area contributed by atoms with E-state index in [0.717, 1.165) is 25.1 Å². The van der Waals surface area contributed by atoms with Gasteiger partial charge in [0.2, 0.25) is 10.0 Å². The molecule has 2 heterocycles. The molecule has 0 saturated carbocycles. The van der Waals surface area contributed by atoms with Crippen LogP contribution in [0.2, 0.25) is 0 Å². The highest BCUT2D eigenvalue weighted by Gasteiger charge is 2.27. The standard InChI is InChI=1S/C26H36N2O5S2/c1-3-4-15-35(31,32)26-16-22(17-27-18-23-7-5-6-8-24(23)19-27)9-10-25(26)33-20-21-11-13-28(14-12-21)34(2,29)30/h5-10,16,21H,3-4,11-15,17-20H2,1-2H3. The summed E-state index contributed by atoms with van der Waals surface area (Å²) in [6, 6.07) is 13.9. The lowest BCUT2D eigenvalue weighted by Gasteiger charge is -2.30. The maximum absolute atomic E-state index is 13.2. The zero-order valence-electron chi connectivity index (χ0n) is 20.6. The Kier molecular flexibility index (Phi) is 8.20. The quantitative estimate of drug-likeness (QED) is 0.474. The Balaban J connectivity index is 1.46. The molecule has 9 heteroatoms. The third kappa shape index (κ3) is 6.64. The van der Waals surface area contributed by atoms with Crippen molar-refractivity contribution in [2.24, 2.45) is 5.92 Å². The molecule has 0 amide bonds. The third-order valence-electron chi connectivity index (χ3n) is 6.94. The van der Waals surface area contributed by atoms with E-state index >= 15 is 0 Å². The number of benzene rings is 2. The molecule has 2 aliphatic rings. The highest BCUT2D eigenvalue weighted by atomic mass is 32.2. The molecule has 0 N–H and O–H groups in total. The molecule has 1 saturated heterocycles. The summed E-state index contributed by atoms with van der Waals surface area (Å²) in [7, 11) is -6.65. The minimum Gasteiger partial charge on any atom is -0.492 e. The zero-order valence-corrected chi connectivity index (χ0v) is 22.3. The summed E-state index contributed by atoms with van der Waals surface area (Å²) in [5.74, 6) is 0.702. The van der Waals surface area contributed by atoms with Crippen LogP contribution in [0.3, 0.4) is 0 Å². The van der Waals surface area contributed by atoms with Crippen LogP contribution in [-0.2, 0) is 39.5 Å². The maximum Gasteiger partial charge on any atom is 0.211 e. The molecule has 4 rings (SSSR count). The van der Waals surface area contributed by atoms with Crippen LogP contribution in [0, 0.1) is 5.92 Å². The first-order valence-corrected chi connectivity index (χ1v) is 15.9. The van der Waals surface area contributed by atoms with Gasteiger partial charge in [-0.2, -0.15) is 0 Å². The molecular formula is C26H36N2O5S2. The van der Waals surface area contributed by atoms with Gasteiger partial charge in [-0.1, -0.05) is 43.7 Å². The predicted molar refractivity (Wildman–Crippen MR) is 137 cm³/mol. The normalized spacial score (nSPS) is 18.0. The van der Waals surface area contributed by atoms with Crippen molar-refractivity contribution in [1.29, 1.82) is 0 Å². The fourth-order valence-corrected chi connectivity index (χ4v) is 7.37. The van der Waals surface area contributed by atoms with Crippen molar-refractivity contribution in [3.63, 3.8) is 0 Å². The van der Waals surface area contributed by atoms with Crippen LogP contribution in [0.25, 0.3) is 0 Å². The number of sulfonamides is 1. The zero-order chi connectivity index (χ0) is 25.1. The molecule has 0 atom stereocenters. The van der Waals surface area contributed by atoms with Crippen LogP contribution in [0.5, 0.6) is 5.75 Å². The summed E-state index contributed by atoms with van der Waals surface area (Å²) in [6.07, 6.45) is 4.06. The highest BCUT2D eigenvalue weighted by molar-refractivity contribution is 7.91. The maximum atomic E-state index is 13.2. The molecule has 1 fully saturated rings. The number of unbranched alkanes of at least 4 members (excludes halogenated alkanes) is 1. The Bertz CT molecular complexity index is 1210. The van der Waals surface area contributed by atoms with E-state index in [9.17, 15) is 16.8 Å². The summed E-state index contributed by atoms with van der Waals surface area (Å²) in [4.78, 5) is 2.59.